The van der Waals surface area contributed by atoms with Crippen molar-refractivity contribution in [2.45, 2.75) is 19.4 Å². The molecule has 0 aliphatic carbocycles. The van der Waals surface area contributed by atoms with E-state index in [-0.39, 0.29) is 11.8 Å². The Labute approximate surface area is 102 Å². The molecule has 0 aliphatic rings. The lowest BCUT2D eigenvalue weighted by molar-refractivity contribution is 0.253. The summed E-state index contributed by atoms with van der Waals surface area (Å²) in [5, 5.41) is 12.8. The summed E-state index contributed by atoms with van der Waals surface area (Å²) < 4.78 is 12.9. The number of halogens is 1. The minimum absolute atomic E-state index is 0.0259. The molecule has 0 saturated carbocycles. The Morgan fingerprint density at radius 1 is 1.47 bits per heavy atom. The summed E-state index contributed by atoms with van der Waals surface area (Å²) in [5.74, 6) is -0.380. The lowest BCUT2D eigenvalue weighted by atomic mass is 10.1. The highest BCUT2D eigenvalue weighted by Crippen LogP contribution is 2.28. The molecule has 0 radical (unpaired) electrons. The average Bonchev–Trinajstić information content (AvgIpc) is 2.28. The van der Waals surface area contributed by atoms with E-state index in [0.29, 0.717) is 0 Å². The van der Waals surface area contributed by atoms with Crippen LogP contribution in [-0.4, -0.2) is 37.2 Å². The third-order valence-electron chi connectivity index (χ3n) is 3.04. The average molecular weight is 240 g/mol. The van der Waals surface area contributed by atoms with E-state index in [0.717, 1.165) is 31.1 Å². The van der Waals surface area contributed by atoms with Gasteiger partial charge in [-0.15, -0.1) is 0 Å². The Hall–Kier alpha value is -1.13. The minimum atomic E-state index is -0.406. The van der Waals surface area contributed by atoms with E-state index in [1.54, 1.807) is 6.07 Å². The van der Waals surface area contributed by atoms with Crippen LogP contribution in [-0.2, 0) is 0 Å². The van der Waals surface area contributed by atoms with Gasteiger partial charge in [-0.3, -0.25) is 4.90 Å². The van der Waals surface area contributed by atoms with E-state index in [2.05, 4.69) is 10.2 Å². The first-order valence-electron chi connectivity index (χ1n) is 5.89. The maximum atomic E-state index is 12.9. The van der Waals surface area contributed by atoms with Crippen molar-refractivity contribution in [3.05, 3.63) is 29.6 Å². The lowest BCUT2D eigenvalue weighted by Crippen LogP contribution is -2.25. The zero-order valence-electron chi connectivity index (χ0n) is 10.7. The molecule has 0 heterocycles. The largest absolute Gasteiger partial charge is 0.508 e. The van der Waals surface area contributed by atoms with Crippen molar-refractivity contribution >= 4 is 0 Å². The second kappa shape index (κ2) is 6.57. The first-order valence-corrected chi connectivity index (χ1v) is 5.89. The summed E-state index contributed by atoms with van der Waals surface area (Å²) in [5.41, 5.74) is 0.762. The molecule has 0 aliphatic heterocycles. The Balaban J connectivity index is 2.64. The number of hydrogen-bond acceptors (Lipinski definition) is 3. The van der Waals surface area contributed by atoms with Crippen LogP contribution in [0.25, 0.3) is 0 Å². The van der Waals surface area contributed by atoms with Crippen LogP contribution < -0.4 is 5.32 Å². The van der Waals surface area contributed by atoms with Crippen LogP contribution in [0.2, 0.25) is 0 Å². The van der Waals surface area contributed by atoms with E-state index >= 15 is 0 Å². The SMILES string of the molecule is CNCCCN(C)C(C)c1ccc(F)cc1O. The van der Waals surface area contributed by atoms with Gasteiger partial charge in [0.1, 0.15) is 11.6 Å². The van der Waals surface area contributed by atoms with Gasteiger partial charge in [0.05, 0.1) is 0 Å². The number of nitrogens with one attached hydrogen (secondary N) is 1. The second-order valence-electron chi connectivity index (χ2n) is 4.32. The van der Waals surface area contributed by atoms with Crippen molar-refractivity contribution in [2.75, 3.05) is 27.2 Å². The Bertz CT molecular complexity index is 357. The van der Waals surface area contributed by atoms with E-state index in [1.807, 2.05) is 21.0 Å². The topological polar surface area (TPSA) is 35.5 Å². The maximum absolute atomic E-state index is 12.9. The molecule has 1 atom stereocenters. The molecule has 0 fully saturated rings. The van der Waals surface area contributed by atoms with Gasteiger partial charge < -0.3 is 10.4 Å². The molecule has 17 heavy (non-hydrogen) atoms. The smallest absolute Gasteiger partial charge is 0.126 e. The highest BCUT2D eigenvalue weighted by molar-refractivity contribution is 5.34. The molecule has 1 unspecified atom stereocenters. The Morgan fingerprint density at radius 2 is 2.18 bits per heavy atom. The van der Waals surface area contributed by atoms with Gasteiger partial charge in [-0.1, -0.05) is 6.07 Å². The molecule has 2 N–H and O–H groups in total. The van der Waals surface area contributed by atoms with E-state index < -0.39 is 5.82 Å². The second-order valence-corrected chi connectivity index (χ2v) is 4.32. The van der Waals surface area contributed by atoms with E-state index in [1.165, 1.54) is 6.07 Å². The summed E-state index contributed by atoms with van der Waals surface area (Å²) >= 11 is 0. The molecule has 0 bridgehead atoms. The third kappa shape index (κ3) is 3.98. The van der Waals surface area contributed by atoms with Crippen molar-refractivity contribution in [1.29, 1.82) is 0 Å². The van der Waals surface area contributed by atoms with Gasteiger partial charge in [0.15, 0.2) is 0 Å². The van der Waals surface area contributed by atoms with Crippen LogP contribution in [0.3, 0.4) is 0 Å². The van der Waals surface area contributed by atoms with Crippen LogP contribution in [0.5, 0.6) is 5.75 Å². The zero-order valence-corrected chi connectivity index (χ0v) is 10.7. The van der Waals surface area contributed by atoms with E-state index in [4.69, 9.17) is 0 Å². The fourth-order valence-electron chi connectivity index (χ4n) is 1.81. The molecule has 0 aromatic heterocycles. The van der Waals surface area contributed by atoms with Crippen LogP contribution in [0.15, 0.2) is 18.2 Å². The van der Waals surface area contributed by atoms with Gasteiger partial charge >= 0.3 is 0 Å². The van der Waals surface area contributed by atoms with Crippen molar-refractivity contribution in [2.24, 2.45) is 0 Å². The molecule has 1 aromatic carbocycles. The predicted molar refractivity (Wildman–Crippen MR) is 67.7 cm³/mol. The van der Waals surface area contributed by atoms with Crippen LogP contribution in [0.1, 0.15) is 24.9 Å². The van der Waals surface area contributed by atoms with Crippen molar-refractivity contribution in [3.63, 3.8) is 0 Å². The lowest BCUT2D eigenvalue weighted by Gasteiger charge is -2.25. The quantitative estimate of drug-likeness (QED) is 0.748. The molecule has 0 spiro atoms. The van der Waals surface area contributed by atoms with E-state index in [9.17, 15) is 9.50 Å². The maximum Gasteiger partial charge on any atom is 0.126 e. The number of rotatable bonds is 6. The van der Waals surface area contributed by atoms with Gasteiger partial charge in [0.2, 0.25) is 0 Å². The molecule has 4 heteroatoms. The molecule has 3 nitrogen and oxygen atoms in total. The standard InChI is InChI=1S/C13H21FN2O/c1-10(16(3)8-4-7-15-2)12-6-5-11(14)9-13(12)17/h5-6,9-10,15,17H,4,7-8H2,1-3H3. The number of phenolic OH excluding ortho intramolecular Hbond substituents is 1. The van der Waals surface area contributed by atoms with Gasteiger partial charge in [-0.05, 0) is 46.6 Å². The monoisotopic (exact) mass is 240 g/mol. The molecule has 0 saturated heterocycles. The number of hydrogen-bond donors (Lipinski definition) is 2. The zero-order chi connectivity index (χ0) is 12.8. The highest BCUT2D eigenvalue weighted by atomic mass is 19.1. The predicted octanol–water partition coefficient (Wildman–Crippen LogP) is 2.13. The normalized spacial score (nSPS) is 13.0. The number of phenols is 1. The van der Waals surface area contributed by atoms with Crippen LogP contribution >= 0.6 is 0 Å². The molecule has 1 aromatic rings. The fraction of sp³-hybridized carbons (Fsp3) is 0.538. The Kier molecular flexibility index (Phi) is 5.38. The summed E-state index contributed by atoms with van der Waals surface area (Å²) in [7, 11) is 3.93. The number of aromatic hydroxyl groups is 1. The summed E-state index contributed by atoms with van der Waals surface area (Å²) in [6, 6.07) is 4.26. The minimum Gasteiger partial charge on any atom is -0.508 e. The molecular weight excluding hydrogens is 219 g/mol. The van der Waals surface area contributed by atoms with Crippen molar-refractivity contribution in [3.8, 4) is 5.75 Å². The summed E-state index contributed by atoms with van der Waals surface area (Å²) in [6.07, 6.45) is 1.04. The highest BCUT2D eigenvalue weighted by Gasteiger charge is 2.15. The van der Waals surface area contributed by atoms with Crippen LogP contribution in [0.4, 0.5) is 4.39 Å². The van der Waals surface area contributed by atoms with Gasteiger partial charge in [-0.25, -0.2) is 4.39 Å². The van der Waals surface area contributed by atoms with Crippen molar-refractivity contribution in [1.82, 2.24) is 10.2 Å². The Morgan fingerprint density at radius 3 is 2.76 bits per heavy atom. The van der Waals surface area contributed by atoms with Gasteiger partial charge in [0.25, 0.3) is 0 Å². The third-order valence-corrected chi connectivity index (χ3v) is 3.04. The van der Waals surface area contributed by atoms with Crippen molar-refractivity contribution < 1.29 is 9.50 Å². The molecule has 0 amide bonds. The number of nitrogens with zero attached hydrogens (tertiary/aromatic N) is 1. The molecular formula is C13H21FN2O. The molecule has 1 rings (SSSR count). The summed E-state index contributed by atoms with van der Waals surface area (Å²) in [4.78, 5) is 2.14. The molecule has 96 valence electrons. The van der Waals surface area contributed by atoms with Gasteiger partial charge in [0, 0.05) is 17.7 Å². The number of benzene rings is 1. The first kappa shape index (κ1) is 13.9. The van der Waals surface area contributed by atoms with Gasteiger partial charge in [-0.2, -0.15) is 0 Å². The van der Waals surface area contributed by atoms with Crippen LogP contribution in [0, 0.1) is 5.82 Å². The summed E-state index contributed by atoms with van der Waals surface area (Å²) in [6.45, 7) is 3.90. The fourth-order valence-corrected chi connectivity index (χ4v) is 1.81. The first-order chi connectivity index (χ1) is 8.06.